The lowest BCUT2D eigenvalue weighted by Crippen LogP contribution is -2.32. The van der Waals surface area contributed by atoms with Crippen LogP contribution in [-0.4, -0.2) is 36.3 Å². The van der Waals surface area contributed by atoms with Gasteiger partial charge in [0.05, 0.1) is 13.7 Å². The third-order valence-corrected chi connectivity index (χ3v) is 5.12. The van der Waals surface area contributed by atoms with Crippen LogP contribution < -0.4 is 15.0 Å². The molecule has 2 heterocycles. The molecule has 0 N–H and O–H groups in total. The number of pyridine rings is 1. The molecule has 0 bridgehead atoms. The first-order chi connectivity index (χ1) is 12.6. The van der Waals surface area contributed by atoms with Gasteiger partial charge in [-0.3, -0.25) is 9.69 Å². The van der Waals surface area contributed by atoms with Crippen LogP contribution >= 0.6 is 0 Å². The second kappa shape index (κ2) is 8.41. The number of nitrogens with zero attached hydrogens (tertiary/aromatic N) is 2. The van der Waals surface area contributed by atoms with Gasteiger partial charge in [0.25, 0.3) is 5.56 Å². The number of ether oxygens (including phenoxy) is 2. The van der Waals surface area contributed by atoms with Crippen LogP contribution in [0, 0.1) is 0 Å². The molecule has 1 fully saturated rings. The molecule has 1 saturated heterocycles. The summed E-state index contributed by atoms with van der Waals surface area (Å²) in [4.78, 5) is 14.3. The Balaban J connectivity index is 1.60. The smallest absolute Gasteiger partial charge is 0.250 e. The van der Waals surface area contributed by atoms with Crippen LogP contribution in [0.3, 0.4) is 0 Å². The van der Waals surface area contributed by atoms with Crippen LogP contribution in [0.4, 0.5) is 0 Å². The molecule has 26 heavy (non-hydrogen) atoms. The molecule has 0 spiro atoms. The first-order valence-electron chi connectivity index (χ1n) is 9.29. The Bertz CT molecular complexity index is 792. The standard InChI is InChI=1S/C21H28N2O3/c1-4-26-19-6-5-16(13-20(19)25-3)15-23-11-8-17(9-12-23)18-7-10-22(2)21(24)14-18/h5-7,10,13-14,17H,4,8-9,11-12,15H2,1-3H3. The summed E-state index contributed by atoms with van der Waals surface area (Å²) in [5.74, 6) is 2.07. The SMILES string of the molecule is CCOc1ccc(CN2CCC(c3ccn(C)c(=O)c3)CC2)cc1OC. The molecule has 5 nitrogen and oxygen atoms in total. The van der Waals surface area contributed by atoms with Crippen molar-refractivity contribution in [1.29, 1.82) is 0 Å². The van der Waals surface area contributed by atoms with Crippen molar-refractivity contribution in [2.45, 2.75) is 32.2 Å². The minimum atomic E-state index is 0.0754. The van der Waals surface area contributed by atoms with Gasteiger partial charge in [0.1, 0.15) is 0 Å². The highest BCUT2D eigenvalue weighted by atomic mass is 16.5. The zero-order chi connectivity index (χ0) is 18.5. The second-order valence-electron chi connectivity index (χ2n) is 6.88. The minimum Gasteiger partial charge on any atom is -0.493 e. The Morgan fingerprint density at radius 3 is 2.54 bits per heavy atom. The summed E-state index contributed by atoms with van der Waals surface area (Å²) in [7, 11) is 3.47. The molecule has 0 unspecified atom stereocenters. The molecule has 1 aliphatic heterocycles. The third-order valence-electron chi connectivity index (χ3n) is 5.12. The second-order valence-corrected chi connectivity index (χ2v) is 6.88. The predicted octanol–water partition coefficient (Wildman–Crippen LogP) is 3.17. The number of rotatable bonds is 6. The van der Waals surface area contributed by atoms with Gasteiger partial charge in [-0.15, -0.1) is 0 Å². The summed E-state index contributed by atoms with van der Waals surface area (Å²) >= 11 is 0. The highest BCUT2D eigenvalue weighted by Crippen LogP contribution is 2.31. The average Bonchev–Trinajstić information content (AvgIpc) is 2.66. The van der Waals surface area contributed by atoms with Crippen molar-refractivity contribution >= 4 is 0 Å². The van der Waals surface area contributed by atoms with Crippen LogP contribution in [0.2, 0.25) is 0 Å². The van der Waals surface area contributed by atoms with E-state index in [2.05, 4.69) is 23.1 Å². The monoisotopic (exact) mass is 356 g/mol. The molecule has 0 radical (unpaired) electrons. The number of piperidine rings is 1. The zero-order valence-corrected chi connectivity index (χ0v) is 15.9. The van der Waals surface area contributed by atoms with Crippen molar-refractivity contribution in [3.8, 4) is 11.5 Å². The number of aryl methyl sites for hydroxylation is 1. The number of hydrogen-bond donors (Lipinski definition) is 0. The lowest BCUT2D eigenvalue weighted by atomic mass is 9.90. The quantitative estimate of drug-likeness (QED) is 0.797. The molecule has 0 aliphatic carbocycles. The van der Waals surface area contributed by atoms with Crippen molar-refractivity contribution in [2.75, 3.05) is 26.8 Å². The van der Waals surface area contributed by atoms with Gasteiger partial charge in [-0.05, 0) is 68.1 Å². The highest BCUT2D eigenvalue weighted by molar-refractivity contribution is 5.43. The zero-order valence-electron chi connectivity index (χ0n) is 15.9. The number of hydrogen-bond acceptors (Lipinski definition) is 4. The van der Waals surface area contributed by atoms with Crippen molar-refractivity contribution in [1.82, 2.24) is 9.47 Å². The molecule has 3 rings (SSSR count). The fourth-order valence-corrected chi connectivity index (χ4v) is 3.59. The molecule has 5 heteroatoms. The van der Waals surface area contributed by atoms with Gasteiger partial charge in [0.15, 0.2) is 11.5 Å². The van der Waals surface area contributed by atoms with Crippen molar-refractivity contribution < 1.29 is 9.47 Å². The maximum atomic E-state index is 11.9. The Morgan fingerprint density at radius 1 is 1.12 bits per heavy atom. The third kappa shape index (κ3) is 4.28. The maximum Gasteiger partial charge on any atom is 0.250 e. The molecule has 0 saturated carbocycles. The largest absolute Gasteiger partial charge is 0.493 e. The summed E-state index contributed by atoms with van der Waals surface area (Å²) in [6.07, 6.45) is 4.04. The van der Waals surface area contributed by atoms with E-state index in [1.165, 1.54) is 11.1 Å². The lowest BCUT2D eigenvalue weighted by molar-refractivity contribution is 0.204. The van der Waals surface area contributed by atoms with Gasteiger partial charge in [-0.2, -0.15) is 0 Å². The van der Waals surface area contributed by atoms with Gasteiger partial charge < -0.3 is 14.0 Å². The summed E-state index contributed by atoms with van der Waals surface area (Å²) < 4.78 is 12.7. The summed E-state index contributed by atoms with van der Waals surface area (Å²) in [5, 5.41) is 0. The van der Waals surface area contributed by atoms with Crippen LogP contribution in [0.1, 0.15) is 36.8 Å². The Morgan fingerprint density at radius 2 is 1.88 bits per heavy atom. The number of aromatic nitrogens is 1. The fraction of sp³-hybridized carbons (Fsp3) is 0.476. The normalized spacial score (nSPS) is 15.8. The van der Waals surface area contributed by atoms with Crippen LogP contribution in [-0.2, 0) is 13.6 Å². The molecule has 2 aromatic rings. The molecular formula is C21H28N2O3. The minimum absolute atomic E-state index is 0.0754. The molecule has 140 valence electrons. The molecular weight excluding hydrogens is 328 g/mol. The van der Waals surface area contributed by atoms with E-state index in [-0.39, 0.29) is 5.56 Å². The Hall–Kier alpha value is -2.27. The van der Waals surface area contributed by atoms with E-state index >= 15 is 0 Å². The van der Waals surface area contributed by atoms with Crippen LogP contribution in [0.25, 0.3) is 0 Å². The predicted molar refractivity (Wildman–Crippen MR) is 103 cm³/mol. The summed E-state index contributed by atoms with van der Waals surface area (Å²) in [6.45, 7) is 5.59. The van der Waals surface area contributed by atoms with E-state index in [0.29, 0.717) is 12.5 Å². The van der Waals surface area contributed by atoms with Crippen LogP contribution in [0.15, 0.2) is 41.3 Å². The van der Waals surface area contributed by atoms with Crippen molar-refractivity contribution in [3.63, 3.8) is 0 Å². The van der Waals surface area contributed by atoms with E-state index in [1.54, 1.807) is 24.8 Å². The van der Waals surface area contributed by atoms with Gasteiger partial charge in [0, 0.05) is 25.9 Å². The highest BCUT2D eigenvalue weighted by Gasteiger charge is 2.21. The van der Waals surface area contributed by atoms with Crippen molar-refractivity contribution in [3.05, 3.63) is 58.0 Å². The first-order valence-corrected chi connectivity index (χ1v) is 9.29. The van der Waals surface area contributed by atoms with Gasteiger partial charge in [-0.1, -0.05) is 6.07 Å². The van der Waals surface area contributed by atoms with E-state index in [4.69, 9.17) is 9.47 Å². The topological polar surface area (TPSA) is 43.7 Å². The van der Waals surface area contributed by atoms with Crippen LogP contribution in [0.5, 0.6) is 11.5 Å². The van der Waals surface area contributed by atoms with E-state index < -0.39 is 0 Å². The van der Waals surface area contributed by atoms with Gasteiger partial charge in [0.2, 0.25) is 0 Å². The van der Waals surface area contributed by atoms with E-state index in [1.807, 2.05) is 19.2 Å². The Labute approximate surface area is 155 Å². The lowest BCUT2D eigenvalue weighted by Gasteiger charge is -2.32. The van der Waals surface area contributed by atoms with Gasteiger partial charge in [-0.25, -0.2) is 0 Å². The number of methoxy groups -OCH3 is 1. The summed E-state index contributed by atoms with van der Waals surface area (Å²) in [6, 6.07) is 10.0. The number of benzene rings is 1. The fourth-order valence-electron chi connectivity index (χ4n) is 3.59. The molecule has 1 aromatic carbocycles. The van der Waals surface area contributed by atoms with Gasteiger partial charge >= 0.3 is 0 Å². The van der Waals surface area contributed by atoms with Crippen molar-refractivity contribution in [2.24, 2.45) is 7.05 Å². The Kier molecular flexibility index (Phi) is 5.99. The molecule has 1 aromatic heterocycles. The van der Waals surface area contributed by atoms with E-state index in [0.717, 1.165) is 44.0 Å². The molecule has 0 amide bonds. The molecule has 0 atom stereocenters. The number of likely N-dealkylation sites (tertiary alicyclic amines) is 1. The maximum absolute atomic E-state index is 11.9. The average molecular weight is 356 g/mol. The molecule has 1 aliphatic rings. The first kappa shape index (κ1) is 18.5. The van der Waals surface area contributed by atoms with E-state index in [9.17, 15) is 4.79 Å². The summed E-state index contributed by atoms with van der Waals surface area (Å²) in [5.41, 5.74) is 2.49.